The number of hydrogen-bond acceptors (Lipinski definition) is 2. The highest BCUT2D eigenvalue weighted by Crippen LogP contribution is 2.19. The highest BCUT2D eigenvalue weighted by Gasteiger charge is 2.08. The Balaban J connectivity index is 1.80. The fourth-order valence-corrected chi connectivity index (χ4v) is 3.06. The van der Waals surface area contributed by atoms with E-state index in [2.05, 4.69) is 43.3 Å². The molecule has 0 fully saturated rings. The Morgan fingerprint density at radius 2 is 1.78 bits per heavy atom. The highest BCUT2D eigenvalue weighted by atomic mass is 32.1. The third-order valence-corrected chi connectivity index (χ3v) is 4.36. The van der Waals surface area contributed by atoms with Crippen LogP contribution in [0.2, 0.25) is 0 Å². The Morgan fingerprint density at radius 3 is 2.44 bits per heavy atom. The summed E-state index contributed by atoms with van der Waals surface area (Å²) in [6.45, 7) is 2.17. The topological polar surface area (TPSA) is 20.2 Å². The minimum absolute atomic E-state index is 0.228. The van der Waals surface area contributed by atoms with Gasteiger partial charge in [-0.1, -0.05) is 37.3 Å². The Labute approximate surface area is 113 Å². The molecule has 0 aliphatic rings. The molecule has 1 aromatic heterocycles. The molecular weight excluding hydrogens is 240 g/mol. The summed E-state index contributed by atoms with van der Waals surface area (Å²) in [7, 11) is 0. The molecule has 0 spiro atoms. The van der Waals surface area contributed by atoms with Gasteiger partial charge in [0.05, 0.1) is 6.10 Å². The first-order valence-corrected chi connectivity index (χ1v) is 7.39. The van der Waals surface area contributed by atoms with Gasteiger partial charge in [-0.05, 0) is 37.0 Å². The van der Waals surface area contributed by atoms with Gasteiger partial charge in [0.1, 0.15) is 0 Å². The molecule has 2 heteroatoms. The first-order chi connectivity index (χ1) is 8.78. The lowest BCUT2D eigenvalue weighted by atomic mass is 10.0. The zero-order valence-corrected chi connectivity index (χ0v) is 11.6. The standard InChI is InChI=1S/C16H20OS/c1-2-15-10-11-16(18-15)12-14(17)9-8-13-6-4-3-5-7-13/h3-7,10-11,14,17H,2,8-9,12H2,1H3. The van der Waals surface area contributed by atoms with Gasteiger partial charge in [-0.25, -0.2) is 0 Å². The van der Waals surface area contributed by atoms with Crippen LogP contribution in [-0.2, 0) is 19.3 Å². The number of benzene rings is 1. The van der Waals surface area contributed by atoms with E-state index in [4.69, 9.17) is 0 Å². The van der Waals surface area contributed by atoms with Gasteiger partial charge in [0, 0.05) is 16.2 Å². The van der Waals surface area contributed by atoms with Gasteiger partial charge in [0.15, 0.2) is 0 Å². The molecule has 18 heavy (non-hydrogen) atoms. The largest absolute Gasteiger partial charge is 0.393 e. The lowest BCUT2D eigenvalue weighted by Gasteiger charge is -2.09. The average molecular weight is 260 g/mol. The average Bonchev–Trinajstić information content (AvgIpc) is 2.85. The van der Waals surface area contributed by atoms with Crippen LogP contribution in [0.5, 0.6) is 0 Å². The lowest BCUT2D eigenvalue weighted by molar-refractivity contribution is 0.166. The van der Waals surface area contributed by atoms with E-state index in [9.17, 15) is 5.11 Å². The molecule has 1 aromatic carbocycles. The molecule has 0 aliphatic heterocycles. The van der Waals surface area contributed by atoms with Crippen molar-refractivity contribution in [1.82, 2.24) is 0 Å². The molecule has 0 amide bonds. The first kappa shape index (κ1) is 13.3. The molecule has 1 atom stereocenters. The predicted octanol–water partition coefficient (Wildman–Crippen LogP) is 3.85. The van der Waals surface area contributed by atoms with E-state index in [1.54, 1.807) is 0 Å². The van der Waals surface area contributed by atoms with E-state index in [0.29, 0.717) is 0 Å². The van der Waals surface area contributed by atoms with Crippen molar-refractivity contribution in [3.63, 3.8) is 0 Å². The Bertz CT molecular complexity index is 461. The second-order valence-corrected chi connectivity index (χ2v) is 5.86. The van der Waals surface area contributed by atoms with Crippen molar-refractivity contribution in [1.29, 1.82) is 0 Å². The molecule has 1 heterocycles. The molecule has 0 saturated carbocycles. The van der Waals surface area contributed by atoms with Crippen molar-refractivity contribution in [3.05, 3.63) is 57.8 Å². The zero-order valence-electron chi connectivity index (χ0n) is 10.8. The molecule has 0 saturated heterocycles. The molecule has 0 aliphatic carbocycles. The van der Waals surface area contributed by atoms with Gasteiger partial charge in [-0.2, -0.15) is 0 Å². The Hall–Kier alpha value is -1.12. The quantitative estimate of drug-likeness (QED) is 0.836. The fourth-order valence-electron chi connectivity index (χ4n) is 2.03. The highest BCUT2D eigenvalue weighted by molar-refractivity contribution is 7.11. The van der Waals surface area contributed by atoms with Crippen LogP contribution in [-0.4, -0.2) is 11.2 Å². The maximum Gasteiger partial charge on any atom is 0.0591 e. The summed E-state index contributed by atoms with van der Waals surface area (Å²) >= 11 is 1.82. The third-order valence-electron chi connectivity index (χ3n) is 3.11. The summed E-state index contributed by atoms with van der Waals surface area (Å²) in [6, 6.07) is 14.7. The van der Waals surface area contributed by atoms with Crippen molar-refractivity contribution in [2.24, 2.45) is 0 Å². The summed E-state index contributed by atoms with van der Waals surface area (Å²) in [6.07, 6.45) is 3.44. The molecule has 96 valence electrons. The van der Waals surface area contributed by atoms with Crippen molar-refractivity contribution in [3.8, 4) is 0 Å². The van der Waals surface area contributed by atoms with Crippen molar-refractivity contribution in [2.75, 3.05) is 0 Å². The van der Waals surface area contributed by atoms with Gasteiger partial charge >= 0.3 is 0 Å². The Kier molecular flexibility index (Phi) is 4.97. The van der Waals surface area contributed by atoms with Gasteiger partial charge in [-0.15, -0.1) is 11.3 Å². The fraction of sp³-hybridized carbons (Fsp3) is 0.375. The van der Waals surface area contributed by atoms with Crippen molar-refractivity contribution >= 4 is 11.3 Å². The first-order valence-electron chi connectivity index (χ1n) is 6.57. The van der Waals surface area contributed by atoms with Crippen molar-refractivity contribution in [2.45, 2.75) is 38.7 Å². The monoisotopic (exact) mass is 260 g/mol. The van der Waals surface area contributed by atoms with Crippen LogP contribution in [0.1, 0.15) is 28.7 Å². The summed E-state index contributed by atoms with van der Waals surface area (Å²) in [5, 5.41) is 10.1. The van der Waals surface area contributed by atoms with Crippen molar-refractivity contribution < 1.29 is 5.11 Å². The van der Waals surface area contributed by atoms with Crippen LogP contribution in [0.3, 0.4) is 0 Å². The molecule has 1 unspecified atom stereocenters. The van der Waals surface area contributed by atoms with E-state index in [-0.39, 0.29) is 6.10 Å². The second kappa shape index (κ2) is 6.72. The van der Waals surface area contributed by atoms with E-state index >= 15 is 0 Å². The summed E-state index contributed by atoms with van der Waals surface area (Å²) in [5.74, 6) is 0. The maximum atomic E-state index is 10.1. The molecular formula is C16H20OS. The maximum absolute atomic E-state index is 10.1. The zero-order chi connectivity index (χ0) is 12.8. The van der Waals surface area contributed by atoms with Crippen LogP contribution in [0.15, 0.2) is 42.5 Å². The smallest absolute Gasteiger partial charge is 0.0591 e. The van der Waals surface area contributed by atoms with Gasteiger partial charge in [-0.3, -0.25) is 0 Å². The number of aliphatic hydroxyl groups excluding tert-OH is 1. The summed E-state index contributed by atoms with van der Waals surface area (Å²) in [4.78, 5) is 2.70. The molecule has 0 bridgehead atoms. The van der Waals surface area contributed by atoms with Crippen LogP contribution < -0.4 is 0 Å². The van der Waals surface area contributed by atoms with Gasteiger partial charge < -0.3 is 5.11 Å². The van der Waals surface area contributed by atoms with Crippen LogP contribution in [0.4, 0.5) is 0 Å². The second-order valence-electron chi connectivity index (χ2n) is 4.60. The minimum Gasteiger partial charge on any atom is -0.393 e. The van der Waals surface area contributed by atoms with E-state index in [1.165, 1.54) is 15.3 Å². The van der Waals surface area contributed by atoms with E-state index in [1.807, 2.05) is 17.4 Å². The number of thiophene rings is 1. The number of aryl methyl sites for hydroxylation is 2. The predicted molar refractivity (Wildman–Crippen MR) is 78.2 cm³/mol. The van der Waals surface area contributed by atoms with Crippen LogP contribution in [0, 0.1) is 0 Å². The SMILES string of the molecule is CCc1ccc(CC(O)CCc2ccccc2)s1. The number of rotatable bonds is 6. The number of aliphatic hydroxyl groups is 1. The van der Waals surface area contributed by atoms with Gasteiger partial charge in [0.2, 0.25) is 0 Å². The summed E-state index contributed by atoms with van der Waals surface area (Å²) in [5.41, 5.74) is 1.30. The van der Waals surface area contributed by atoms with Crippen LogP contribution in [0.25, 0.3) is 0 Å². The lowest BCUT2D eigenvalue weighted by Crippen LogP contribution is -2.10. The molecule has 2 aromatic rings. The molecule has 1 nitrogen and oxygen atoms in total. The molecule has 2 rings (SSSR count). The number of hydrogen-bond donors (Lipinski definition) is 1. The minimum atomic E-state index is -0.228. The summed E-state index contributed by atoms with van der Waals surface area (Å²) < 4.78 is 0. The van der Waals surface area contributed by atoms with E-state index < -0.39 is 0 Å². The third kappa shape index (κ3) is 3.97. The Morgan fingerprint density at radius 1 is 1.06 bits per heavy atom. The normalized spacial score (nSPS) is 12.6. The van der Waals surface area contributed by atoms with E-state index in [0.717, 1.165) is 25.7 Å². The molecule has 0 radical (unpaired) electrons. The van der Waals surface area contributed by atoms with Gasteiger partial charge in [0.25, 0.3) is 0 Å². The molecule has 1 N–H and O–H groups in total. The van der Waals surface area contributed by atoms with Crippen LogP contribution >= 0.6 is 11.3 Å².